The molecule has 0 aliphatic carbocycles. The van der Waals surface area contributed by atoms with Crippen molar-refractivity contribution in [2.45, 2.75) is 26.3 Å². The summed E-state index contributed by atoms with van der Waals surface area (Å²) in [6.45, 7) is 5.81. The Kier molecular flexibility index (Phi) is 5.63. The quantitative estimate of drug-likeness (QED) is 0.821. The van der Waals surface area contributed by atoms with E-state index < -0.39 is 0 Å². The second kappa shape index (κ2) is 7.71. The number of ether oxygens (including phenoxy) is 1. The standard InChI is InChI=1S/C18H23NO/c1-3-19-18(13-15-9-6-5-7-10-15)16-11-8-12-17(14-16)20-4-2/h5-12,14,18-19H,3-4,13H2,1-2H3. The third-order valence-corrected chi connectivity index (χ3v) is 3.30. The summed E-state index contributed by atoms with van der Waals surface area (Å²) in [4.78, 5) is 0. The average molecular weight is 269 g/mol. The van der Waals surface area contributed by atoms with Crippen LogP contribution in [0.2, 0.25) is 0 Å². The van der Waals surface area contributed by atoms with E-state index in [4.69, 9.17) is 4.74 Å². The van der Waals surface area contributed by atoms with Crippen molar-refractivity contribution in [2.75, 3.05) is 13.2 Å². The van der Waals surface area contributed by atoms with E-state index in [1.807, 2.05) is 13.0 Å². The molecular weight excluding hydrogens is 246 g/mol. The van der Waals surface area contributed by atoms with Gasteiger partial charge in [0, 0.05) is 6.04 Å². The van der Waals surface area contributed by atoms with E-state index in [-0.39, 0.29) is 0 Å². The van der Waals surface area contributed by atoms with Crippen molar-refractivity contribution in [3.8, 4) is 5.75 Å². The SMILES string of the molecule is CCNC(Cc1ccccc1)c1cccc(OCC)c1. The van der Waals surface area contributed by atoms with Gasteiger partial charge in [-0.1, -0.05) is 49.4 Å². The Morgan fingerprint density at radius 2 is 1.80 bits per heavy atom. The van der Waals surface area contributed by atoms with Crippen LogP contribution in [-0.2, 0) is 6.42 Å². The maximum absolute atomic E-state index is 5.60. The van der Waals surface area contributed by atoms with Crippen molar-refractivity contribution in [1.82, 2.24) is 5.32 Å². The second-order valence-corrected chi connectivity index (χ2v) is 4.81. The number of likely N-dealkylation sites (N-methyl/N-ethyl adjacent to an activating group) is 1. The summed E-state index contributed by atoms with van der Waals surface area (Å²) in [7, 11) is 0. The van der Waals surface area contributed by atoms with Gasteiger partial charge in [0.05, 0.1) is 6.61 Å². The van der Waals surface area contributed by atoms with Crippen LogP contribution < -0.4 is 10.1 Å². The van der Waals surface area contributed by atoms with E-state index in [2.05, 4.69) is 60.8 Å². The van der Waals surface area contributed by atoms with Gasteiger partial charge in [0.1, 0.15) is 5.75 Å². The molecule has 2 nitrogen and oxygen atoms in total. The normalized spacial score (nSPS) is 12.1. The van der Waals surface area contributed by atoms with E-state index in [0.717, 1.165) is 18.7 Å². The monoisotopic (exact) mass is 269 g/mol. The molecule has 0 aliphatic heterocycles. The van der Waals surface area contributed by atoms with Gasteiger partial charge in [-0.3, -0.25) is 0 Å². The zero-order chi connectivity index (χ0) is 14.2. The highest BCUT2D eigenvalue weighted by Gasteiger charge is 2.11. The van der Waals surface area contributed by atoms with Gasteiger partial charge in [0.15, 0.2) is 0 Å². The summed E-state index contributed by atoms with van der Waals surface area (Å²) in [5, 5.41) is 3.56. The predicted octanol–water partition coefficient (Wildman–Crippen LogP) is 3.98. The number of nitrogens with one attached hydrogen (secondary N) is 1. The fraction of sp³-hybridized carbons (Fsp3) is 0.333. The number of hydrogen-bond donors (Lipinski definition) is 1. The zero-order valence-electron chi connectivity index (χ0n) is 12.3. The van der Waals surface area contributed by atoms with Gasteiger partial charge < -0.3 is 10.1 Å². The van der Waals surface area contributed by atoms with Gasteiger partial charge in [0.2, 0.25) is 0 Å². The molecule has 1 N–H and O–H groups in total. The minimum absolute atomic E-state index is 0.322. The summed E-state index contributed by atoms with van der Waals surface area (Å²) >= 11 is 0. The molecule has 0 fully saturated rings. The Labute approximate surface area is 121 Å². The molecule has 0 bridgehead atoms. The topological polar surface area (TPSA) is 21.3 Å². The molecule has 2 aromatic carbocycles. The first-order valence-corrected chi connectivity index (χ1v) is 7.33. The molecule has 0 radical (unpaired) electrons. The van der Waals surface area contributed by atoms with Gasteiger partial charge >= 0.3 is 0 Å². The number of hydrogen-bond acceptors (Lipinski definition) is 2. The summed E-state index contributed by atoms with van der Waals surface area (Å²) in [5.41, 5.74) is 2.63. The van der Waals surface area contributed by atoms with E-state index in [1.165, 1.54) is 11.1 Å². The largest absolute Gasteiger partial charge is 0.494 e. The molecule has 0 saturated carbocycles. The van der Waals surface area contributed by atoms with Crippen LogP contribution in [0.1, 0.15) is 31.0 Å². The Morgan fingerprint density at radius 3 is 2.50 bits per heavy atom. The average Bonchev–Trinajstić information content (AvgIpc) is 2.49. The fourth-order valence-corrected chi connectivity index (χ4v) is 2.39. The lowest BCUT2D eigenvalue weighted by molar-refractivity contribution is 0.339. The summed E-state index contributed by atoms with van der Waals surface area (Å²) in [6, 6.07) is 19.3. The third kappa shape index (κ3) is 4.10. The van der Waals surface area contributed by atoms with E-state index >= 15 is 0 Å². The number of benzene rings is 2. The first-order valence-electron chi connectivity index (χ1n) is 7.33. The van der Waals surface area contributed by atoms with Crippen LogP contribution in [-0.4, -0.2) is 13.2 Å². The first-order chi connectivity index (χ1) is 9.83. The molecule has 0 amide bonds. The van der Waals surface area contributed by atoms with Crippen LogP contribution in [0.15, 0.2) is 54.6 Å². The molecule has 0 aromatic heterocycles. The first kappa shape index (κ1) is 14.6. The van der Waals surface area contributed by atoms with Gasteiger partial charge in [-0.2, -0.15) is 0 Å². The lowest BCUT2D eigenvalue weighted by Gasteiger charge is -2.19. The molecular formula is C18H23NO. The van der Waals surface area contributed by atoms with Gasteiger partial charge in [-0.25, -0.2) is 0 Å². The Balaban J connectivity index is 2.17. The third-order valence-electron chi connectivity index (χ3n) is 3.30. The lowest BCUT2D eigenvalue weighted by atomic mass is 9.98. The second-order valence-electron chi connectivity index (χ2n) is 4.81. The van der Waals surface area contributed by atoms with Gasteiger partial charge in [-0.15, -0.1) is 0 Å². The lowest BCUT2D eigenvalue weighted by Crippen LogP contribution is -2.23. The molecule has 2 aromatic rings. The summed E-state index contributed by atoms with van der Waals surface area (Å²) in [5.74, 6) is 0.945. The molecule has 0 saturated heterocycles. The molecule has 106 valence electrons. The molecule has 1 atom stereocenters. The fourth-order valence-electron chi connectivity index (χ4n) is 2.39. The van der Waals surface area contributed by atoms with E-state index in [9.17, 15) is 0 Å². The van der Waals surface area contributed by atoms with Gasteiger partial charge in [-0.05, 0) is 43.1 Å². The van der Waals surface area contributed by atoms with Crippen LogP contribution in [0.3, 0.4) is 0 Å². The maximum atomic E-state index is 5.60. The van der Waals surface area contributed by atoms with Crippen molar-refractivity contribution in [2.24, 2.45) is 0 Å². The molecule has 20 heavy (non-hydrogen) atoms. The Morgan fingerprint density at radius 1 is 1.00 bits per heavy atom. The molecule has 0 spiro atoms. The van der Waals surface area contributed by atoms with Crippen molar-refractivity contribution in [3.63, 3.8) is 0 Å². The Bertz CT molecular complexity index is 510. The van der Waals surface area contributed by atoms with Crippen molar-refractivity contribution in [3.05, 3.63) is 65.7 Å². The van der Waals surface area contributed by atoms with Crippen LogP contribution in [0, 0.1) is 0 Å². The van der Waals surface area contributed by atoms with Crippen molar-refractivity contribution < 1.29 is 4.74 Å². The van der Waals surface area contributed by atoms with Crippen LogP contribution >= 0.6 is 0 Å². The van der Waals surface area contributed by atoms with Crippen LogP contribution in [0.4, 0.5) is 0 Å². The van der Waals surface area contributed by atoms with Crippen molar-refractivity contribution >= 4 is 0 Å². The molecule has 0 heterocycles. The zero-order valence-corrected chi connectivity index (χ0v) is 12.3. The molecule has 2 rings (SSSR count). The summed E-state index contributed by atoms with van der Waals surface area (Å²) in [6.07, 6.45) is 0.990. The minimum Gasteiger partial charge on any atom is -0.494 e. The molecule has 2 heteroatoms. The van der Waals surface area contributed by atoms with Crippen molar-refractivity contribution in [1.29, 1.82) is 0 Å². The smallest absolute Gasteiger partial charge is 0.119 e. The Hall–Kier alpha value is -1.80. The van der Waals surface area contributed by atoms with Crippen LogP contribution in [0.25, 0.3) is 0 Å². The van der Waals surface area contributed by atoms with E-state index in [0.29, 0.717) is 12.6 Å². The number of rotatable bonds is 7. The highest BCUT2D eigenvalue weighted by atomic mass is 16.5. The van der Waals surface area contributed by atoms with Crippen LogP contribution in [0.5, 0.6) is 5.75 Å². The van der Waals surface area contributed by atoms with E-state index in [1.54, 1.807) is 0 Å². The summed E-state index contributed by atoms with van der Waals surface area (Å²) < 4.78 is 5.60. The maximum Gasteiger partial charge on any atom is 0.119 e. The molecule has 1 unspecified atom stereocenters. The highest BCUT2D eigenvalue weighted by molar-refractivity contribution is 5.32. The highest BCUT2D eigenvalue weighted by Crippen LogP contribution is 2.22. The predicted molar refractivity (Wildman–Crippen MR) is 84.2 cm³/mol. The molecule has 0 aliphatic rings. The minimum atomic E-state index is 0.322. The van der Waals surface area contributed by atoms with Gasteiger partial charge in [0.25, 0.3) is 0 Å².